The van der Waals surface area contributed by atoms with Gasteiger partial charge in [0.05, 0.1) is 11.4 Å². The minimum absolute atomic E-state index is 0.282. The Balaban J connectivity index is 2.05. The van der Waals surface area contributed by atoms with Crippen LogP contribution in [0.3, 0.4) is 0 Å². The van der Waals surface area contributed by atoms with Gasteiger partial charge in [0.1, 0.15) is 10.9 Å². The smallest absolute Gasteiger partial charge is 0.273 e. The third-order valence-corrected chi connectivity index (χ3v) is 4.20. The molecule has 0 aliphatic rings. The molecule has 0 saturated carbocycles. The van der Waals surface area contributed by atoms with Gasteiger partial charge in [-0.2, -0.15) is 0 Å². The van der Waals surface area contributed by atoms with Crippen molar-refractivity contribution in [2.75, 3.05) is 19.0 Å². The van der Waals surface area contributed by atoms with E-state index >= 15 is 0 Å². The Hall–Kier alpha value is -1.60. The summed E-state index contributed by atoms with van der Waals surface area (Å²) in [6.45, 7) is 3.72. The lowest BCUT2D eigenvalue weighted by Gasteiger charge is -2.05. The third-order valence-electron chi connectivity index (χ3n) is 2.55. The predicted molar refractivity (Wildman–Crippen MR) is 78.6 cm³/mol. The molecule has 8 heteroatoms. The van der Waals surface area contributed by atoms with E-state index in [1.54, 1.807) is 13.8 Å². The largest absolute Gasteiger partial charge is 0.445 e. The molecule has 20 heavy (non-hydrogen) atoms. The molecular weight excluding hydrogens is 300 g/mol. The Labute approximate surface area is 125 Å². The molecule has 0 unspecified atom stereocenters. The van der Waals surface area contributed by atoms with Crippen LogP contribution in [0.25, 0.3) is 0 Å². The summed E-state index contributed by atoms with van der Waals surface area (Å²) >= 11 is 7.48. The van der Waals surface area contributed by atoms with Crippen molar-refractivity contribution < 1.29 is 9.21 Å². The van der Waals surface area contributed by atoms with Gasteiger partial charge in [0, 0.05) is 21.0 Å². The standard InChI is InChI=1S/C12H15ClN4O2S/c1-6-9(15-7(2)19-6)11(18)14-5-8-10(13)16-12(20-8)17(3)4/h5H2,1-4H3,(H,14,18). The molecular formula is C12H15ClN4O2S. The molecule has 0 spiro atoms. The highest BCUT2D eigenvalue weighted by molar-refractivity contribution is 7.16. The lowest BCUT2D eigenvalue weighted by atomic mass is 10.3. The first-order valence-corrected chi connectivity index (χ1v) is 7.12. The lowest BCUT2D eigenvalue weighted by molar-refractivity contribution is 0.0945. The van der Waals surface area contributed by atoms with Crippen molar-refractivity contribution in [1.82, 2.24) is 15.3 Å². The quantitative estimate of drug-likeness (QED) is 0.938. The van der Waals surface area contributed by atoms with E-state index in [-0.39, 0.29) is 5.91 Å². The van der Waals surface area contributed by atoms with Crippen molar-refractivity contribution in [2.45, 2.75) is 20.4 Å². The molecule has 108 valence electrons. The molecule has 0 bridgehead atoms. The van der Waals surface area contributed by atoms with Crippen LogP contribution in [0, 0.1) is 13.8 Å². The Kier molecular flexibility index (Phi) is 4.29. The maximum absolute atomic E-state index is 12.0. The molecule has 2 aromatic heterocycles. The second-order valence-corrected chi connectivity index (χ2v) is 5.85. The first kappa shape index (κ1) is 14.8. The SMILES string of the molecule is Cc1nc(C(=O)NCc2sc(N(C)C)nc2Cl)c(C)o1. The van der Waals surface area contributed by atoms with Gasteiger partial charge in [-0.25, -0.2) is 9.97 Å². The monoisotopic (exact) mass is 314 g/mol. The molecule has 0 aliphatic carbocycles. The summed E-state index contributed by atoms with van der Waals surface area (Å²) in [5, 5.41) is 3.98. The minimum Gasteiger partial charge on any atom is -0.445 e. The van der Waals surface area contributed by atoms with E-state index in [2.05, 4.69) is 15.3 Å². The number of oxazole rings is 1. The van der Waals surface area contributed by atoms with Crippen LogP contribution in [0.1, 0.15) is 27.0 Å². The number of aromatic nitrogens is 2. The van der Waals surface area contributed by atoms with Crippen molar-refractivity contribution >= 4 is 34.0 Å². The van der Waals surface area contributed by atoms with E-state index in [4.69, 9.17) is 16.0 Å². The molecule has 2 aromatic rings. The highest BCUT2D eigenvalue weighted by Gasteiger charge is 2.17. The van der Waals surface area contributed by atoms with Gasteiger partial charge in [0.15, 0.2) is 16.7 Å². The summed E-state index contributed by atoms with van der Waals surface area (Å²) in [5.74, 6) is 0.693. The number of halogens is 1. The number of aryl methyl sites for hydroxylation is 2. The van der Waals surface area contributed by atoms with Crippen molar-refractivity contribution in [1.29, 1.82) is 0 Å². The average molecular weight is 315 g/mol. The average Bonchev–Trinajstić information content (AvgIpc) is 2.89. The summed E-state index contributed by atoms with van der Waals surface area (Å²) in [6, 6.07) is 0. The predicted octanol–water partition coefficient (Wildman–Crippen LogP) is 2.40. The second kappa shape index (κ2) is 5.80. The minimum atomic E-state index is -0.282. The van der Waals surface area contributed by atoms with Crippen LogP contribution >= 0.6 is 22.9 Å². The molecule has 0 radical (unpaired) electrons. The van der Waals surface area contributed by atoms with E-state index in [0.717, 1.165) is 10.0 Å². The summed E-state index contributed by atoms with van der Waals surface area (Å²) in [7, 11) is 3.78. The highest BCUT2D eigenvalue weighted by Crippen LogP contribution is 2.28. The molecule has 2 rings (SSSR count). The van der Waals surface area contributed by atoms with Crippen molar-refractivity contribution in [3.63, 3.8) is 0 Å². The van der Waals surface area contributed by atoms with Crippen LogP contribution in [0.4, 0.5) is 5.13 Å². The van der Waals surface area contributed by atoms with Crippen molar-refractivity contribution in [2.24, 2.45) is 0 Å². The van der Waals surface area contributed by atoms with Gasteiger partial charge in [-0.05, 0) is 6.92 Å². The molecule has 0 fully saturated rings. The number of nitrogens with one attached hydrogen (secondary N) is 1. The lowest BCUT2D eigenvalue weighted by Crippen LogP contribution is -2.23. The topological polar surface area (TPSA) is 71.3 Å². The zero-order valence-electron chi connectivity index (χ0n) is 11.7. The number of carbonyl (C=O) groups excluding carboxylic acids is 1. The number of anilines is 1. The Morgan fingerprint density at radius 1 is 1.40 bits per heavy atom. The van der Waals surface area contributed by atoms with E-state index in [1.807, 2.05) is 19.0 Å². The Morgan fingerprint density at radius 3 is 2.60 bits per heavy atom. The Bertz CT molecular complexity index is 635. The van der Waals surface area contributed by atoms with E-state index < -0.39 is 0 Å². The fourth-order valence-electron chi connectivity index (χ4n) is 1.61. The zero-order chi connectivity index (χ0) is 14.9. The molecule has 0 aliphatic heterocycles. The molecule has 0 aromatic carbocycles. The van der Waals surface area contributed by atoms with Crippen LogP contribution in [-0.2, 0) is 6.54 Å². The first-order valence-electron chi connectivity index (χ1n) is 5.93. The summed E-state index contributed by atoms with van der Waals surface area (Å²) in [4.78, 5) is 22.9. The molecule has 1 N–H and O–H groups in total. The van der Waals surface area contributed by atoms with Crippen LogP contribution in [0.15, 0.2) is 4.42 Å². The van der Waals surface area contributed by atoms with Gasteiger partial charge < -0.3 is 14.6 Å². The van der Waals surface area contributed by atoms with E-state index in [0.29, 0.717) is 29.0 Å². The fraction of sp³-hybridized carbons (Fsp3) is 0.417. The van der Waals surface area contributed by atoms with Crippen molar-refractivity contribution in [3.8, 4) is 0 Å². The molecule has 0 atom stereocenters. The molecule has 1 amide bonds. The van der Waals surface area contributed by atoms with Crippen LogP contribution in [0.2, 0.25) is 5.15 Å². The van der Waals surface area contributed by atoms with E-state index in [1.165, 1.54) is 11.3 Å². The van der Waals surface area contributed by atoms with Gasteiger partial charge in [0.25, 0.3) is 5.91 Å². The number of thiazole rings is 1. The van der Waals surface area contributed by atoms with Gasteiger partial charge in [0.2, 0.25) is 0 Å². The summed E-state index contributed by atoms with van der Waals surface area (Å²) in [5.41, 5.74) is 0.302. The van der Waals surface area contributed by atoms with Crippen LogP contribution in [0.5, 0.6) is 0 Å². The number of hydrogen-bond acceptors (Lipinski definition) is 6. The molecule has 0 saturated heterocycles. The maximum atomic E-state index is 12.0. The molecule has 2 heterocycles. The zero-order valence-corrected chi connectivity index (χ0v) is 13.2. The van der Waals surface area contributed by atoms with Crippen molar-refractivity contribution in [3.05, 3.63) is 27.4 Å². The van der Waals surface area contributed by atoms with Gasteiger partial charge in [-0.1, -0.05) is 22.9 Å². The highest BCUT2D eigenvalue weighted by atomic mass is 35.5. The van der Waals surface area contributed by atoms with Gasteiger partial charge in [-0.3, -0.25) is 4.79 Å². The second-order valence-electron chi connectivity index (χ2n) is 4.43. The Morgan fingerprint density at radius 2 is 2.10 bits per heavy atom. The number of hydrogen-bond donors (Lipinski definition) is 1. The summed E-state index contributed by atoms with van der Waals surface area (Å²) in [6.07, 6.45) is 0. The van der Waals surface area contributed by atoms with Gasteiger partial charge >= 0.3 is 0 Å². The molecule has 6 nitrogen and oxygen atoms in total. The first-order chi connectivity index (χ1) is 9.38. The number of nitrogens with zero attached hydrogens (tertiary/aromatic N) is 3. The fourth-order valence-corrected chi connectivity index (χ4v) is 2.73. The van der Waals surface area contributed by atoms with E-state index in [9.17, 15) is 4.79 Å². The van der Waals surface area contributed by atoms with Crippen LogP contribution in [-0.4, -0.2) is 30.0 Å². The maximum Gasteiger partial charge on any atom is 0.273 e. The number of carbonyl (C=O) groups is 1. The number of rotatable bonds is 4. The summed E-state index contributed by atoms with van der Waals surface area (Å²) < 4.78 is 5.23. The third kappa shape index (κ3) is 3.10. The van der Waals surface area contributed by atoms with Gasteiger partial charge in [-0.15, -0.1) is 0 Å². The number of amides is 1. The van der Waals surface area contributed by atoms with Crippen LogP contribution < -0.4 is 10.2 Å². The normalized spacial score (nSPS) is 10.7.